The normalized spacial score (nSPS) is 11.5. The SMILES string of the molecule is CCNC(=O)NC(=O)C(Sc1nncn1-c1ccccc1OC)c1ccccc1. The third kappa shape index (κ3) is 4.94. The summed E-state index contributed by atoms with van der Waals surface area (Å²) in [4.78, 5) is 24.7. The maximum absolute atomic E-state index is 12.9. The molecule has 9 heteroatoms. The van der Waals surface area contributed by atoms with Gasteiger partial charge in [-0.3, -0.25) is 14.7 Å². The van der Waals surface area contributed by atoms with Gasteiger partial charge in [-0.25, -0.2) is 4.79 Å². The van der Waals surface area contributed by atoms with E-state index in [1.807, 2.05) is 54.6 Å². The molecule has 8 nitrogen and oxygen atoms in total. The number of amides is 3. The van der Waals surface area contributed by atoms with Crippen LogP contribution >= 0.6 is 11.8 Å². The first-order valence-electron chi connectivity index (χ1n) is 8.97. The van der Waals surface area contributed by atoms with Crippen molar-refractivity contribution < 1.29 is 14.3 Å². The van der Waals surface area contributed by atoms with Gasteiger partial charge < -0.3 is 10.1 Å². The predicted molar refractivity (Wildman–Crippen MR) is 110 cm³/mol. The highest BCUT2D eigenvalue weighted by Gasteiger charge is 2.26. The second-order valence-corrected chi connectivity index (χ2v) is 6.98. The minimum Gasteiger partial charge on any atom is -0.495 e. The number of thioether (sulfide) groups is 1. The summed E-state index contributed by atoms with van der Waals surface area (Å²) in [6.45, 7) is 2.20. The lowest BCUT2D eigenvalue weighted by Crippen LogP contribution is -2.41. The molecular formula is C20H21N5O3S. The third-order valence-corrected chi connectivity index (χ3v) is 5.21. The van der Waals surface area contributed by atoms with Crippen molar-refractivity contribution in [3.63, 3.8) is 0 Å². The molecule has 0 spiro atoms. The number of ether oxygens (including phenoxy) is 1. The average Bonchev–Trinajstić information content (AvgIpc) is 3.20. The number of para-hydroxylation sites is 2. The van der Waals surface area contributed by atoms with Crippen molar-refractivity contribution in [2.75, 3.05) is 13.7 Å². The van der Waals surface area contributed by atoms with E-state index in [1.54, 1.807) is 24.9 Å². The Labute approximate surface area is 172 Å². The number of hydrogen-bond donors (Lipinski definition) is 2. The van der Waals surface area contributed by atoms with Crippen LogP contribution in [0.2, 0.25) is 0 Å². The molecule has 0 aliphatic heterocycles. The van der Waals surface area contributed by atoms with Crippen LogP contribution in [0.15, 0.2) is 66.1 Å². The molecule has 0 saturated heterocycles. The van der Waals surface area contributed by atoms with Gasteiger partial charge >= 0.3 is 6.03 Å². The number of nitrogens with zero attached hydrogens (tertiary/aromatic N) is 3. The van der Waals surface area contributed by atoms with E-state index in [0.29, 0.717) is 17.5 Å². The molecule has 3 amide bonds. The van der Waals surface area contributed by atoms with Gasteiger partial charge in [0, 0.05) is 6.54 Å². The molecule has 1 heterocycles. The lowest BCUT2D eigenvalue weighted by atomic mass is 10.1. The lowest BCUT2D eigenvalue weighted by molar-refractivity contribution is -0.119. The van der Waals surface area contributed by atoms with Crippen molar-refractivity contribution in [3.05, 3.63) is 66.5 Å². The first kappa shape index (κ1) is 20.4. The first-order chi connectivity index (χ1) is 14.1. The van der Waals surface area contributed by atoms with E-state index in [9.17, 15) is 9.59 Å². The van der Waals surface area contributed by atoms with Crippen LogP contribution in [-0.4, -0.2) is 40.4 Å². The largest absolute Gasteiger partial charge is 0.495 e. The quantitative estimate of drug-likeness (QED) is 0.580. The molecule has 1 unspecified atom stereocenters. The van der Waals surface area contributed by atoms with Crippen LogP contribution in [0.25, 0.3) is 5.69 Å². The fourth-order valence-electron chi connectivity index (χ4n) is 2.69. The van der Waals surface area contributed by atoms with Crippen LogP contribution in [-0.2, 0) is 4.79 Å². The van der Waals surface area contributed by atoms with E-state index in [2.05, 4.69) is 20.8 Å². The highest BCUT2D eigenvalue weighted by Crippen LogP contribution is 2.36. The van der Waals surface area contributed by atoms with Gasteiger partial charge in [-0.1, -0.05) is 54.2 Å². The van der Waals surface area contributed by atoms with Crippen molar-refractivity contribution in [1.29, 1.82) is 0 Å². The topological polar surface area (TPSA) is 98.1 Å². The maximum atomic E-state index is 12.9. The van der Waals surface area contributed by atoms with Crippen LogP contribution in [0.3, 0.4) is 0 Å². The predicted octanol–water partition coefficient (Wildman–Crippen LogP) is 2.96. The summed E-state index contributed by atoms with van der Waals surface area (Å²) < 4.78 is 7.17. The number of carbonyl (C=O) groups excluding carboxylic acids is 2. The molecule has 0 radical (unpaired) electrons. The van der Waals surface area contributed by atoms with Gasteiger partial charge in [-0.2, -0.15) is 0 Å². The number of aromatic nitrogens is 3. The molecular weight excluding hydrogens is 390 g/mol. The fourth-order valence-corrected chi connectivity index (χ4v) is 3.71. The van der Waals surface area contributed by atoms with E-state index in [1.165, 1.54) is 11.8 Å². The molecule has 3 aromatic rings. The molecule has 150 valence electrons. The van der Waals surface area contributed by atoms with Crippen molar-refractivity contribution in [2.45, 2.75) is 17.3 Å². The molecule has 0 saturated carbocycles. The lowest BCUT2D eigenvalue weighted by Gasteiger charge is -2.17. The molecule has 1 aromatic heterocycles. The fraction of sp³-hybridized carbons (Fsp3) is 0.200. The van der Waals surface area contributed by atoms with E-state index in [-0.39, 0.29) is 0 Å². The number of nitrogens with one attached hydrogen (secondary N) is 2. The van der Waals surface area contributed by atoms with Gasteiger partial charge in [0.2, 0.25) is 5.91 Å². The van der Waals surface area contributed by atoms with E-state index in [0.717, 1.165) is 11.3 Å². The maximum Gasteiger partial charge on any atom is 0.321 e. The minimum absolute atomic E-state index is 0.421. The number of carbonyl (C=O) groups is 2. The summed E-state index contributed by atoms with van der Waals surface area (Å²) in [5, 5.41) is 12.9. The molecule has 0 aliphatic rings. The Morgan fingerprint density at radius 3 is 2.59 bits per heavy atom. The zero-order valence-electron chi connectivity index (χ0n) is 16.0. The van der Waals surface area contributed by atoms with Crippen LogP contribution in [0.1, 0.15) is 17.7 Å². The Kier molecular flexibility index (Phi) is 6.85. The average molecular weight is 411 g/mol. The zero-order chi connectivity index (χ0) is 20.6. The second-order valence-electron chi connectivity index (χ2n) is 5.91. The molecule has 3 rings (SSSR count). The summed E-state index contributed by atoms with van der Waals surface area (Å²) in [5.74, 6) is 0.207. The molecule has 0 aliphatic carbocycles. The minimum atomic E-state index is -0.698. The number of rotatable bonds is 7. The van der Waals surface area contributed by atoms with Crippen molar-refractivity contribution in [3.8, 4) is 11.4 Å². The zero-order valence-corrected chi connectivity index (χ0v) is 16.8. The summed E-state index contributed by atoms with van der Waals surface area (Å²) in [5.41, 5.74) is 1.49. The summed E-state index contributed by atoms with van der Waals surface area (Å²) in [6, 6.07) is 16.1. The summed E-state index contributed by atoms with van der Waals surface area (Å²) in [6.07, 6.45) is 1.56. The van der Waals surface area contributed by atoms with Gasteiger partial charge in [-0.15, -0.1) is 10.2 Å². The Bertz CT molecular complexity index is 977. The number of urea groups is 1. The Morgan fingerprint density at radius 2 is 1.86 bits per heavy atom. The summed E-state index contributed by atoms with van der Waals surface area (Å²) >= 11 is 1.20. The van der Waals surface area contributed by atoms with Gasteiger partial charge in [0.25, 0.3) is 0 Å². The van der Waals surface area contributed by atoms with Crippen molar-refractivity contribution in [1.82, 2.24) is 25.4 Å². The van der Waals surface area contributed by atoms with E-state index >= 15 is 0 Å². The highest BCUT2D eigenvalue weighted by molar-refractivity contribution is 8.00. The molecule has 29 heavy (non-hydrogen) atoms. The van der Waals surface area contributed by atoms with Crippen molar-refractivity contribution >= 4 is 23.7 Å². The van der Waals surface area contributed by atoms with Gasteiger partial charge in [0.1, 0.15) is 17.3 Å². The number of methoxy groups -OCH3 is 1. The van der Waals surface area contributed by atoms with Gasteiger partial charge in [0.15, 0.2) is 5.16 Å². The highest BCUT2D eigenvalue weighted by atomic mass is 32.2. The molecule has 2 aromatic carbocycles. The Hall–Kier alpha value is -3.33. The molecule has 2 N–H and O–H groups in total. The van der Waals surface area contributed by atoms with Crippen LogP contribution in [0.4, 0.5) is 4.79 Å². The number of imide groups is 1. The van der Waals surface area contributed by atoms with E-state index < -0.39 is 17.2 Å². The Morgan fingerprint density at radius 1 is 1.14 bits per heavy atom. The molecule has 0 bridgehead atoms. The second kappa shape index (κ2) is 9.74. The van der Waals surface area contributed by atoms with Crippen LogP contribution in [0.5, 0.6) is 5.75 Å². The third-order valence-electron chi connectivity index (χ3n) is 4.00. The number of hydrogen-bond acceptors (Lipinski definition) is 6. The molecule has 0 fully saturated rings. The van der Waals surface area contributed by atoms with Crippen LogP contribution < -0.4 is 15.4 Å². The monoisotopic (exact) mass is 411 g/mol. The van der Waals surface area contributed by atoms with E-state index in [4.69, 9.17) is 4.74 Å². The smallest absolute Gasteiger partial charge is 0.321 e. The van der Waals surface area contributed by atoms with Gasteiger partial charge in [0.05, 0.1) is 12.8 Å². The standard InChI is InChI=1S/C20H21N5O3S/c1-3-21-19(27)23-18(26)17(14-9-5-4-6-10-14)29-20-24-22-13-25(20)15-11-7-8-12-16(15)28-2/h4-13,17H,3H2,1-2H3,(H2,21,23,26,27). The number of benzene rings is 2. The molecule has 1 atom stereocenters. The van der Waals surface area contributed by atoms with Crippen LogP contribution in [0, 0.1) is 0 Å². The summed E-state index contributed by atoms with van der Waals surface area (Å²) in [7, 11) is 1.59. The van der Waals surface area contributed by atoms with Gasteiger partial charge in [-0.05, 0) is 24.6 Å². The Balaban J connectivity index is 1.93. The van der Waals surface area contributed by atoms with Crippen molar-refractivity contribution in [2.24, 2.45) is 0 Å². The first-order valence-corrected chi connectivity index (χ1v) is 9.85.